The first-order valence-electron chi connectivity index (χ1n) is 13.4. The number of rotatable bonds is 14. The van der Waals surface area contributed by atoms with Crippen molar-refractivity contribution in [3.63, 3.8) is 0 Å². The molecule has 9 nitrogen and oxygen atoms in total. The molecule has 2 aromatic heterocycles. The van der Waals surface area contributed by atoms with Gasteiger partial charge in [-0.2, -0.15) is 0 Å². The first-order valence-corrected chi connectivity index (χ1v) is 13.8. The highest BCUT2D eigenvalue weighted by atomic mass is 35.5. The maximum atomic E-state index is 14.1. The van der Waals surface area contributed by atoms with Crippen LogP contribution in [0.3, 0.4) is 0 Å². The van der Waals surface area contributed by atoms with Crippen LogP contribution in [-0.4, -0.2) is 76.3 Å². The Hall–Kier alpha value is -2.82. The summed E-state index contributed by atoms with van der Waals surface area (Å²) in [7, 11) is 0. The number of carbonyl (C=O) groups excluding carboxylic acids is 1. The molecule has 0 saturated carbocycles. The quantitative estimate of drug-likeness (QED) is 0.291. The van der Waals surface area contributed by atoms with Gasteiger partial charge in [-0.15, -0.1) is 0 Å². The van der Waals surface area contributed by atoms with E-state index >= 15 is 0 Å². The number of hydrogen-bond donors (Lipinski definition) is 3. The average molecular weight is 564 g/mol. The van der Waals surface area contributed by atoms with Gasteiger partial charge in [0.2, 0.25) is 0 Å². The van der Waals surface area contributed by atoms with Gasteiger partial charge >= 0.3 is 5.97 Å². The molecule has 214 valence electrons. The predicted octanol–water partition coefficient (Wildman–Crippen LogP) is 4.34. The molecule has 3 rings (SSSR count). The van der Waals surface area contributed by atoms with Crippen LogP contribution >= 0.6 is 11.6 Å². The summed E-state index contributed by atoms with van der Waals surface area (Å²) in [5.74, 6) is -2.00. The van der Waals surface area contributed by atoms with E-state index in [9.17, 15) is 19.1 Å². The number of carboxylic acids is 1. The van der Waals surface area contributed by atoms with Gasteiger partial charge < -0.3 is 25.4 Å². The van der Waals surface area contributed by atoms with Crippen molar-refractivity contribution in [3.05, 3.63) is 52.2 Å². The molecular formula is C28H39ClFN5O4. The fourth-order valence-electron chi connectivity index (χ4n) is 4.39. The lowest BCUT2D eigenvalue weighted by molar-refractivity contribution is -0.139. The summed E-state index contributed by atoms with van der Waals surface area (Å²) in [5.41, 5.74) is 1.62. The standard InChI is InChI=1S/C28H39ClFN5O4/c1-28(2,3)39-16-15-35(13-5-4-8-20-10-9-19-7-6-12-32-25(19)33-20)14-11-23(27(37)38)34-26(36)24-21(29)17-31-18-22(24)30/h9-10,17-18,23H,4-8,11-16H2,1-3H3,(H,32,33)(H,34,36)(H,37,38). The third-order valence-corrected chi connectivity index (χ3v) is 6.76. The Bertz CT molecular complexity index is 1110. The molecule has 3 N–H and O–H groups in total. The Morgan fingerprint density at radius 3 is 2.74 bits per heavy atom. The van der Waals surface area contributed by atoms with Gasteiger partial charge in [-0.25, -0.2) is 14.2 Å². The number of aliphatic carboxylic acids is 1. The van der Waals surface area contributed by atoms with Crippen LogP contribution in [0.25, 0.3) is 0 Å². The Labute approximate surface area is 234 Å². The normalized spacial score (nSPS) is 14.0. The summed E-state index contributed by atoms with van der Waals surface area (Å²) in [5, 5.41) is 15.3. The molecule has 0 fully saturated rings. The second-order valence-electron chi connectivity index (χ2n) is 10.7. The summed E-state index contributed by atoms with van der Waals surface area (Å²) in [6.45, 7) is 9.16. The Kier molecular flexibility index (Phi) is 11.4. The molecule has 1 atom stereocenters. The van der Waals surface area contributed by atoms with Crippen molar-refractivity contribution in [1.82, 2.24) is 20.2 Å². The molecule has 0 aliphatic carbocycles. The van der Waals surface area contributed by atoms with E-state index in [1.165, 1.54) is 5.56 Å². The number of fused-ring (bicyclic) bond motifs is 1. The monoisotopic (exact) mass is 563 g/mol. The van der Waals surface area contributed by atoms with E-state index in [2.05, 4.69) is 32.7 Å². The van der Waals surface area contributed by atoms with E-state index in [0.29, 0.717) is 19.7 Å². The number of nitrogens with zero attached hydrogens (tertiary/aromatic N) is 3. The maximum absolute atomic E-state index is 14.1. The fraction of sp³-hybridized carbons (Fsp3) is 0.571. The molecule has 39 heavy (non-hydrogen) atoms. The number of anilines is 1. The van der Waals surface area contributed by atoms with Crippen molar-refractivity contribution >= 4 is 29.3 Å². The van der Waals surface area contributed by atoms with E-state index in [1.807, 2.05) is 20.8 Å². The van der Waals surface area contributed by atoms with Gasteiger partial charge in [0.25, 0.3) is 5.91 Å². The molecule has 1 unspecified atom stereocenters. The largest absolute Gasteiger partial charge is 0.480 e. The van der Waals surface area contributed by atoms with Crippen LogP contribution in [0.1, 0.15) is 68.1 Å². The zero-order chi connectivity index (χ0) is 28.4. The number of ether oxygens (including phenoxy) is 1. The minimum Gasteiger partial charge on any atom is -0.480 e. The van der Waals surface area contributed by atoms with Crippen LogP contribution in [0.2, 0.25) is 5.02 Å². The number of nitrogens with one attached hydrogen (secondary N) is 2. The molecule has 0 spiro atoms. The lowest BCUT2D eigenvalue weighted by Crippen LogP contribution is -2.44. The van der Waals surface area contributed by atoms with E-state index in [0.717, 1.165) is 69.1 Å². The number of amides is 1. The van der Waals surface area contributed by atoms with Gasteiger partial charge in [-0.1, -0.05) is 17.7 Å². The number of pyridine rings is 2. The SMILES string of the molecule is CC(C)(C)OCCN(CCCCc1ccc2c(n1)NCCC2)CCC(NC(=O)c1c(F)cncc1Cl)C(=O)O. The summed E-state index contributed by atoms with van der Waals surface area (Å²) in [4.78, 5) is 35.0. The van der Waals surface area contributed by atoms with Gasteiger partial charge in [0.15, 0.2) is 5.82 Å². The van der Waals surface area contributed by atoms with Crippen LogP contribution in [0.15, 0.2) is 24.5 Å². The molecule has 1 amide bonds. The lowest BCUT2D eigenvalue weighted by Gasteiger charge is -2.27. The third-order valence-electron chi connectivity index (χ3n) is 6.47. The molecule has 0 bridgehead atoms. The predicted molar refractivity (Wildman–Crippen MR) is 149 cm³/mol. The van der Waals surface area contributed by atoms with Crippen LogP contribution in [0.4, 0.5) is 10.2 Å². The highest BCUT2D eigenvalue weighted by Gasteiger charge is 2.25. The van der Waals surface area contributed by atoms with Crippen molar-refractivity contribution in [2.45, 2.75) is 70.9 Å². The molecule has 0 saturated heterocycles. The van der Waals surface area contributed by atoms with Crippen LogP contribution in [-0.2, 0) is 22.4 Å². The minimum absolute atomic E-state index is 0.138. The highest BCUT2D eigenvalue weighted by Crippen LogP contribution is 2.21. The number of carbonyl (C=O) groups is 2. The molecule has 1 aliphatic heterocycles. The number of aryl methyl sites for hydroxylation is 2. The second-order valence-corrected chi connectivity index (χ2v) is 11.1. The summed E-state index contributed by atoms with van der Waals surface area (Å²) in [6, 6.07) is 3.05. The Balaban J connectivity index is 1.55. The van der Waals surface area contributed by atoms with Gasteiger partial charge in [0, 0.05) is 31.5 Å². The topological polar surface area (TPSA) is 117 Å². The van der Waals surface area contributed by atoms with Crippen LogP contribution < -0.4 is 10.6 Å². The van der Waals surface area contributed by atoms with Gasteiger partial charge in [0.1, 0.15) is 11.9 Å². The molecule has 0 radical (unpaired) electrons. The summed E-state index contributed by atoms with van der Waals surface area (Å²) in [6.07, 6.45) is 7.01. The van der Waals surface area contributed by atoms with Gasteiger partial charge in [0.05, 0.1) is 29.0 Å². The second kappa shape index (κ2) is 14.5. The molecule has 0 aromatic carbocycles. The van der Waals surface area contributed by atoms with Crippen LogP contribution in [0, 0.1) is 5.82 Å². The third kappa shape index (κ3) is 10.0. The Morgan fingerprint density at radius 1 is 1.23 bits per heavy atom. The molecule has 1 aliphatic rings. The van der Waals surface area contributed by atoms with Crippen molar-refractivity contribution in [1.29, 1.82) is 0 Å². The summed E-state index contributed by atoms with van der Waals surface area (Å²) < 4.78 is 20.0. The average Bonchev–Trinajstić information content (AvgIpc) is 2.87. The summed E-state index contributed by atoms with van der Waals surface area (Å²) >= 11 is 5.92. The first-order chi connectivity index (χ1) is 18.5. The maximum Gasteiger partial charge on any atom is 0.326 e. The fourth-order valence-corrected chi connectivity index (χ4v) is 4.63. The molecular weight excluding hydrogens is 525 g/mol. The van der Waals surface area contributed by atoms with E-state index in [4.69, 9.17) is 21.3 Å². The van der Waals surface area contributed by atoms with Crippen molar-refractivity contribution in [2.24, 2.45) is 0 Å². The van der Waals surface area contributed by atoms with E-state index in [1.54, 1.807) is 0 Å². The highest BCUT2D eigenvalue weighted by molar-refractivity contribution is 6.33. The number of halogens is 2. The van der Waals surface area contributed by atoms with Crippen molar-refractivity contribution in [3.8, 4) is 0 Å². The van der Waals surface area contributed by atoms with Crippen molar-refractivity contribution < 1.29 is 23.8 Å². The molecule has 11 heteroatoms. The first kappa shape index (κ1) is 30.7. The lowest BCUT2D eigenvalue weighted by atomic mass is 10.1. The number of hydrogen-bond acceptors (Lipinski definition) is 7. The Morgan fingerprint density at radius 2 is 2.03 bits per heavy atom. The van der Waals surface area contributed by atoms with Gasteiger partial charge in [-0.3, -0.25) is 9.78 Å². The van der Waals surface area contributed by atoms with E-state index < -0.39 is 29.3 Å². The minimum atomic E-state index is -1.21. The molecule has 3 heterocycles. The van der Waals surface area contributed by atoms with Crippen LogP contribution in [0.5, 0.6) is 0 Å². The van der Waals surface area contributed by atoms with Crippen molar-refractivity contribution in [2.75, 3.05) is 38.1 Å². The number of unbranched alkanes of at least 4 members (excludes halogenated alkanes) is 1. The zero-order valence-electron chi connectivity index (χ0n) is 22.9. The van der Waals surface area contributed by atoms with E-state index in [-0.39, 0.29) is 17.0 Å². The number of aromatic nitrogens is 2. The number of carboxylic acid groups (broad SMARTS) is 1. The zero-order valence-corrected chi connectivity index (χ0v) is 23.7. The smallest absolute Gasteiger partial charge is 0.326 e. The van der Waals surface area contributed by atoms with Gasteiger partial charge in [-0.05, 0) is 77.5 Å². The molecule has 2 aromatic rings.